The van der Waals surface area contributed by atoms with Gasteiger partial charge in [0.2, 0.25) is 0 Å². The maximum atomic E-state index is 12.3. The van der Waals surface area contributed by atoms with E-state index in [9.17, 15) is 9.59 Å². The maximum Gasteiger partial charge on any atom is 0.251 e. The molecule has 1 aliphatic rings. The third-order valence-corrected chi connectivity index (χ3v) is 4.40. The van der Waals surface area contributed by atoms with Crippen molar-refractivity contribution in [1.29, 1.82) is 0 Å². The Bertz CT molecular complexity index is 785. The van der Waals surface area contributed by atoms with Crippen LogP contribution in [-0.4, -0.2) is 17.9 Å². The summed E-state index contributed by atoms with van der Waals surface area (Å²) in [5.41, 5.74) is 2.94. The summed E-state index contributed by atoms with van der Waals surface area (Å²) < 4.78 is 0. The Morgan fingerprint density at radius 3 is 2.46 bits per heavy atom. The molecule has 3 rings (SSSR count). The predicted octanol–water partition coefficient (Wildman–Crippen LogP) is 3.47. The molecule has 0 radical (unpaired) electrons. The van der Waals surface area contributed by atoms with Gasteiger partial charge in [0.1, 0.15) is 0 Å². The summed E-state index contributed by atoms with van der Waals surface area (Å²) >= 11 is 6.00. The minimum absolute atomic E-state index is 0.125. The first kappa shape index (κ1) is 16.5. The van der Waals surface area contributed by atoms with Gasteiger partial charge in [0.25, 0.3) is 11.8 Å². The predicted molar refractivity (Wildman–Crippen MR) is 94.3 cm³/mol. The average Bonchev–Trinajstić information content (AvgIpc) is 3.39. The van der Waals surface area contributed by atoms with Crippen molar-refractivity contribution in [2.24, 2.45) is 0 Å². The van der Waals surface area contributed by atoms with E-state index in [1.807, 2.05) is 25.1 Å². The fourth-order valence-electron chi connectivity index (χ4n) is 2.40. The number of halogens is 1. The first-order valence-corrected chi connectivity index (χ1v) is 8.35. The van der Waals surface area contributed by atoms with Crippen molar-refractivity contribution >= 4 is 23.4 Å². The van der Waals surface area contributed by atoms with Gasteiger partial charge >= 0.3 is 0 Å². The number of aryl methyl sites for hydroxylation is 1. The van der Waals surface area contributed by atoms with Gasteiger partial charge in [-0.25, -0.2) is 0 Å². The van der Waals surface area contributed by atoms with Crippen molar-refractivity contribution in [2.75, 3.05) is 0 Å². The number of nitrogens with one attached hydrogen (secondary N) is 2. The van der Waals surface area contributed by atoms with E-state index in [-0.39, 0.29) is 11.8 Å². The van der Waals surface area contributed by atoms with Crippen LogP contribution >= 0.6 is 11.6 Å². The molecule has 124 valence electrons. The number of carbonyl (C=O) groups excluding carboxylic acids is 2. The van der Waals surface area contributed by atoms with Crippen LogP contribution in [0.1, 0.15) is 44.7 Å². The summed E-state index contributed by atoms with van der Waals surface area (Å²) in [7, 11) is 0. The second-order valence-corrected chi connectivity index (χ2v) is 6.50. The van der Waals surface area contributed by atoms with Gasteiger partial charge in [0.05, 0.1) is 0 Å². The summed E-state index contributed by atoms with van der Waals surface area (Å²) in [5, 5.41) is 6.50. The maximum absolute atomic E-state index is 12.3. The van der Waals surface area contributed by atoms with E-state index in [4.69, 9.17) is 11.6 Å². The van der Waals surface area contributed by atoms with Gasteiger partial charge in [-0.2, -0.15) is 0 Å². The summed E-state index contributed by atoms with van der Waals surface area (Å²) in [5.74, 6) is -0.329. The largest absolute Gasteiger partial charge is 0.349 e. The molecule has 4 nitrogen and oxygen atoms in total. The minimum Gasteiger partial charge on any atom is -0.349 e. The molecule has 0 unspecified atom stereocenters. The standard InChI is InChI=1S/C19H19ClN2O2/c1-12-9-13(5-8-17(12)20)11-21-18(23)14-3-2-4-15(10-14)19(24)22-16-6-7-16/h2-5,8-10,16H,6-7,11H2,1H3,(H,21,23)(H,22,24). The molecule has 1 aliphatic carbocycles. The zero-order valence-electron chi connectivity index (χ0n) is 13.4. The number of amides is 2. The molecule has 5 heteroatoms. The SMILES string of the molecule is Cc1cc(CNC(=O)c2cccc(C(=O)NC3CC3)c2)ccc1Cl. The number of rotatable bonds is 5. The molecule has 0 spiro atoms. The van der Waals surface area contributed by atoms with Gasteiger partial charge in [0.15, 0.2) is 0 Å². The molecule has 1 saturated carbocycles. The lowest BCUT2D eigenvalue weighted by Gasteiger charge is -2.08. The Balaban J connectivity index is 1.63. The number of hydrogen-bond donors (Lipinski definition) is 2. The molecule has 0 heterocycles. The van der Waals surface area contributed by atoms with Gasteiger partial charge in [-0.15, -0.1) is 0 Å². The van der Waals surface area contributed by atoms with Crippen LogP contribution in [0.5, 0.6) is 0 Å². The van der Waals surface area contributed by atoms with E-state index in [0.29, 0.717) is 28.7 Å². The smallest absolute Gasteiger partial charge is 0.251 e. The van der Waals surface area contributed by atoms with E-state index in [1.165, 1.54) is 0 Å². The van der Waals surface area contributed by atoms with Crippen molar-refractivity contribution in [3.63, 3.8) is 0 Å². The monoisotopic (exact) mass is 342 g/mol. The highest BCUT2D eigenvalue weighted by molar-refractivity contribution is 6.31. The zero-order chi connectivity index (χ0) is 17.1. The molecular formula is C19H19ClN2O2. The molecule has 0 saturated heterocycles. The second-order valence-electron chi connectivity index (χ2n) is 6.09. The Morgan fingerprint density at radius 1 is 1.08 bits per heavy atom. The summed E-state index contributed by atoms with van der Waals surface area (Å²) in [6.45, 7) is 2.34. The highest BCUT2D eigenvalue weighted by atomic mass is 35.5. The summed E-state index contributed by atoms with van der Waals surface area (Å²) in [6, 6.07) is 12.7. The van der Waals surface area contributed by atoms with Crippen LogP contribution in [0.3, 0.4) is 0 Å². The highest BCUT2D eigenvalue weighted by Crippen LogP contribution is 2.19. The normalized spacial score (nSPS) is 13.4. The fraction of sp³-hybridized carbons (Fsp3) is 0.263. The average molecular weight is 343 g/mol. The fourth-order valence-corrected chi connectivity index (χ4v) is 2.52. The number of hydrogen-bond acceptors (Lipinski definition) is 2. The molecular weight excluding hydrogens is 324 g/mol. The Labute approximate surface area is 146 Å². The van der Waals surface area contributed by atoms with Gasteiger partial charge in [0, 0.05) is 28.7 Å². The third kappa shape index (κ3) is 4.15. The molecule has 24 heavy (non-hydrogen) atoms. The molecule has 2 aromatic carbocycles. The summed E-state index contributed by atoms with van der Waals surface area (Å²) in [6.07, 6.45) is 2.07. The molecule has 0 atom stereocenters. The molecule has 1 fully saturated rings. The Hall–Kier alpha value is -2.33. The molecule has 2 aromatic rings. The van der Waals surface area contributed by atoms with E-state index in [1.54, 1.807) is 24.3 Å². The minimum atomic E-state index is -0.205. The van der Waals surface area contributed by atoms with Crippen LogP contribution < -0.4 is 10.6 Å². The lowest BCUT2D eigenvalue weighted by molar-refractivity contribution is 0.0950. The summed E-state index contributed by atoms with van der Waals surface area (Å²) in [4.78, 5) is 24.4. The second kappa shape index (κ2) is 7.05. The van der Waals surface area contributed by atoms with Crippen LogP contribution in [0, 0.1) is 6.92 Å². The highest BCUT2D eigenvalue weighted by Gasteiger charge is 2.24. The van der Waals surface area contributed by atoms with E-state index >= 15 is 0 Å². The van der Waals surface area contributed by atoms with Crippen LogP contribution in [0.15, 0.2) is 42.5 Å². The van der Waals surface area contributed by atoms with Crippen molar-refractivity contribution in [3.05, 3.63) is 69.7 Å². The Morgan fingerprint density at radius 2 is 1.79 bits per heavy atom. The zero-order valence-corrected chi connectivity index (χ0v) is 14.2. The van der Waals surface area contributed by atoms with Crippen molar-refractivity contribution in [2.45, 2.75) is 32.4 Å². The van der Waals surface area contributed by atoms with Crippen molar-refractivity contribution in [3.8, 4) is 0 Å². The van der Waals surface area contributed by atoms with E-state index < -0.39 is 0 Å². The first-order chi connectivity index (χ1) is 11.5. The van der Waals surface area contributed by atoms with Gasteiger partial charge in [-0.05, 0) is 55.2 Å². The first-order valence-electron chi connectivity index (χ1n) is 7.97. The number of carbonyl (C=O) groups is 2. The quantitative estimate of drug-likeness (QED) is 0.874. The van der Waals surface area contributed by atoms with Gasteiger partial charge in [-0.1, -0.05) is 29.8 Å². The van der Waals surface area contributed by atoms with Crippen LogP contribution in [0.4, 0.5) is 0 Å². The van der Waals surface area contributed by atoms with E-state index in [2.05, 4.69) is 10.6 Å². The molecule has 2 N–H and O–H groups in total. The van der Waals surface area contributed by atoms with Crippen molar-refractivity contribution < 1.29 is 9.59 Å². The van der Waals surface area contributed by atoms with Crippen LogP contribution in [-0.2, 0) is 6.54 Å². The number of benzene rings is 2. The molecule has 2 amide bonds. The molecule has 0 aliphatic heterocycles. The van der Waals surface area contributed by atoms with E-state index in [0.717, 1.165) is 24.0 Å². The molecule has 0 aromatic heterocycles. The van der Waals surface area contributed by atoms with Gasteiger partial charge < -0.3 is 10.6 Å². The van der Waals surface area contributed by atoms with Crippen LogP contribution in [0.25, 0.3) is 0 Å². The topological polar surface area (TPSA) is 58.2 Å². The molecule has 0 bridgehead atoms. The van der Waals surface area contributed by atoms with Crippen molar-refractivity contribution in [1.82, 2.24) is 10.6 Å². The van der Waals surface area contributed by atoms with Crippen LogP contribution in [0.2, 0.25) is 5.02 Å². The lowest BCUT2D eigenvalue weighted by Crippen LogP contribution is -2.26. The third-order valence-electron chi connectivity index (χ3n) is 3.97. The lowest BCUT2D eigenvalue weighted by atomic mass is 10.1. The Kier molecular flexibility index (Phi) is 4.86. The van der Waals surface area contributed by atoms with Gasteiger partial charge in [-0.3, -0.25) is 9.59 Å².